The molecule has 0 unspecified atom stereocenters. The molecule has 3 heteroatoms. The number of rotatable bonds is 11. The molecule has 0 aromatic carbocycles. The molecule has 1 aromatic heterocycles. The summed E-state index contributed by atoms with van der Waals surface area (Å²) in [6.07, 6.45) is 8.13. The summed E-state index contributed by atoms with van der Waals surface area (Å²) in [5.41, 5.74) is 2.48. The average molecular weight is 277 g/mol. The van der Waals surface area contributed by atoms with E-state index in [-0.39, 0.29) is 0 Å². The molecule has 0 amide bonds. The third kappa shape index (κ3) is 6.38. The summed E-state index contributed by atoms with van der Waals surface area (Å²) in [5.74, 6) is 0. The van der Waals surface area contributed by atoms with Crippen LogP contribution in [0.4, 0.5) is 5.69 Å². The number of nitrogens with one attached hydrogen (secondary N) is 1. The van der Waals surface area contributed by atoms with E-state index in [0.29, 0.717) is 0 Å². The third-order valence-electron chi connectivity index (χ3n) is 3.46. The molecule has 3 nitrogen and oxygen atoms in total. The molecular weight excluding hydrogens is 246 g/mol. The van der Waals surface area contributed by atoms with Crippen LogP contribution in [0, 0.1) is 0 Å². The number of hydrogen-bond acceptors (Lipinski definition) is 3. The number of pyridine rings is 1. The second kappa shape index (κ2) is 10.7. The number of nitrogens with zero attached hydrogens (tertiary/aromatic N) is 2. The van der Waals surface area contributed by atoms with Crippen LogP contribution in [-0.2, 0) is 6.54 Å². The SMILES string of the molecule is CCCCN(CCCC)c1ccnc(CNCCC)c1. The van der Waals surface area contributed by atoms with E-state index >= 15 is 0 Å². The monoisotopic (exact) mass is 277 g/mol. The van der Waals surface area contributed by atoms with E-state index in [0.717, 1.165) is 31.9 Å². The zero-order chi connectivity index (χ0) is 14.6. The number of aromatic nitrogens is 1. The van der Waals surface area contributed by atoms with Gasteiger partial charge >= 0.3 is 0 Å². The van der Waals surface area contributed by atoms with Gasteiger partial charge in [-0.15, -0.1) is 0 Å². The molecule has 0 saturated carbocycles. The van der Waals surface area contributed by atoms with Gasteiger partial charge in [0.25, 0.3) is 0 Å². The topological polar surface area (TPSA) is 28.2 Å². The van der Waals surface area contributed by atoms with E-state index in [1.54, 1.807) is 0 Å². The van der Waals surface area contributed by atoms with Crippen LogP contribution in [0.2, 0.25) is 0 Å². The summed E-state index contributed by atoms with van der Waals surface area (Å²) in [6, 6.07) is 4.39. The molecule has 0 saturated heterocycles. The minimum Gasteiger partial charge on any atom is -0.371 e. The quantitative estimate of drug-likeness (QED) is 0.620. The molecular formula is C17H31N3. The molecule has 0 bridgehead atoms. The van der Waals surface area contributed by atoms with Crippen molar-refractivity contribution in [1.82, 2.24) is 10.3 Å². The summed E-state index contributed by atoms with van der Waals surface area (Å²) < 4.78 is 0. The van der Waals surface area contributed by atoms with E-state index in [9.17, 15) is 0 Å². The second-order valence-electron chi connectivity index (χ2n) is 5.38. The van der Waals surface area contributed by atoms with Gasteiger partial charge in [-0.2, -0.15) is 0 Å². The van der Waals surface area contributed by atoms with Crippen LogP contribution < -0.4 is 10.2 Å². The molecule has 0 aliphatic heterocycles. The Morgan fingerprint density at radius 2 is 1.75 bits per heavy atom. The van der Waals surface area contributed by atoms with Crippen LogP contribution in [0.5, 0.6) is 0 Å². The Kier molecular flexibility index (Phi) is 9.05. The van der Waals surface area contributed by atoms with Crippen molar-refractivity contribution in [2.45, 2.75) is 59.4 Å². The van der Waals surface area contributed by atoms with Crippen LogP contribution in [0.25, 0.3) is 0 Å². The van der Waals surface area contributed by atoms with Gasteiger partial charge in [0.2, 0.25) is 0 Å². The van der Waals surface area contributed by atoms with Gasteiger partial charge in [-0.1, -0.05) is 33.6 Å². The summed E-state index contributed by atoms with van der Waals surface area (Å²) >= 11 is 0. The van der Waals surface area contributed by atoms with E-state index in [4.69, 9.17) is 0 Å². The van der Waals surface area contributed by atoms with Crippen molar-refractivity contribution in [3.8, 4) is 0 Å². The summed E-state index contributed by atoms with van der Waals surface area (Å²) in [5, 5.41) is 3.42. The molecule has 1 aromatic rings. The second-order valence-corrected chi connectivity index (χ2v) is 5.38. The summed E-state index contributed by atoms with van der Waals surface area (Å²) in [4.78, 5) is 6.98. The van der Waals surface area contributed by atoms with E-state index in [1.165, 1.54) is 37.8 Å². The predicted molar refractivity (Wildman–Crippen MR) is 88.3 cm³/mol. The normalized spacial score (nSPS) is 10.8. The fourth-order valence-corrected chi connectivity index (χ4v) is 2.22. The minimum atomic E-state index is 0.872. The highest BCUT2D eigenvalue weighted by Crippen LogP contribution is 2.16. The van der Waals surface area contributed by atoms with Gasteiger partial charge in [-0.05, 0) is 37.9 Å². The molecule has 1 heterocycles. The number of unbranched alkanes of at least 4 members (excludes halogenated alkanes) is 2. The van der Waals surface area contributed by atoms with Crippen molar-refractivity contribution >= 4 is 5.69 Å². The lowest BCUT2D eigenvalue weighted by molar-refractivity contribution is 0.659. The Morgan fingerprint density at radius 3 is 2.35 bits per heavy atom. The number of hydrogen-bond donors (Lipinski definition) is 1. The van der Waals surface area contributed by atoms with Crippen molar-refractivity contribution in [3.63, 3.8) is 0 Å². The number of anilines is 1. The first-order valence-electron chi connectivity index (χ1n) is 8.22. The Hall–Kier alpha value is -1.09. The zero-order valence-corrected chi connectivity index (χ0v) is 13.5. The largest absolute Gasteiger partial charge is 0.371 e. The van der Waals surface area contributed by atoms with Gasteiger partial charge in [-0.3, -0.25) is 4.98 Å². The van der Waals surface area contributed by atoms with Crippen molar-refractivity contribution in [2.75, 3.05) is 24.5 Å². The fraction of sp³-hybridized carbons (Fsp3) is 0.706. The van der Waals surface area contributed by atoms with E-state index < -0.39 is 0 Å². The Labute approximate surface area is 124 Å². The van der Waals surface area contributed by atoms with Crippen molar-refractivity contribution in [1.29, 1.82) is 0 Å². The molecule has 1 rings (SSSR count). The summed E-state index contributed by atoms with van der Waals surface area (Å²) in [7, 11) is 0. The van der Waals surface area contributed by atoms with E-state index in [1.807, 2.05) is 6.20 Å². The van der Waals surface area contributed by atoms with Crippen molar-refractivity contribution < 1.29 is 0 Å². The standard InChI is InChI=1S/C17H31N3/c1-4-7-12-20(13-8-5-2)17-9-11-19-16(14-17)15-18-10-6-3/h9,11,14,18H,4-8,10,12-13,15H2,1-3H3. The minimum absolute atomic E-state index is 0.872. The van der Waals surface area contributed by atoms with Crippen LogP contribution in [0.3, 0.4) is 0 Å². The summed E-state index contributed by atoms with van der Waals surface area (Å²) in [6.45, 7) is 10.9. The molecule has 114 valence electrons. The highest BCUT2D eigenvalue weighted by atomic mass is 15.1. The Bertz CT molecular complexity index is 344. The van der Waals surface area contributed by atoms with Gasteiger partial charge in [0.05, 0.1) is 5.69 Å². The Balaban J connectivity index is 2.65. The van der Waals surface area contributed by atoms with E-state index in [2.05, 4.69) is 48.1 Å². The molecule has 0 aliphatic carbocycles. The predicted octanol–water partition coefficient (Wildman–Crippen LogP) is 3.99. The van der Waals surface area contributed by atoms with Crippen LogP contribution >= 0.6 is 0 Å². The first kappa shape index (κ1) is 17.0. The first-order chi connectivity index (χ1) is 9.81. The van der Waals surface area contributed by atoms with Crippen LogP contribution in [-0.4, -0.2) is 24.6 Å². The highest BCUT2D eigenvalue weighted by molar-refractivity contribution is 5.46. The van der Waals surface area contributed by atoms with Gasteiger partial charge in [0.1, 0.15) is 0 Å². The third-order valence-corrected chi connectivity index (χ3v) is 3.46. The van der Waals surface area contributed by atoms with Crippen LogP contribution in [0.15, 0.2) is 18.3 Å². The van der Waals surface area contributed by atoms with Gasteiger partial charge in [0.15, 0.2) is 0 Å². The fourth-order valence-electron chi connectivity index (χ4n) is 2.22. The van der Waals surface area contributed by atoms with Gasteiger partial charge < -0.3 is 10.2 Å². The first-order valence-corrected chi connectivity index (χ1v) is 8.22. The molecule has 1 N–H and O–H groups in total. The average Bonchev–Trinajstić information content (AvgIpc) is 2.48. The maximum Gasteiger partial charge on any atom is 0.0562 e. The van der Waals surface area contributed by atoms with Crippen molar-refractivity contribution in [2.24, 2.45) is 0 Å². The zero-order valence-electron chi connectivity index (χ0n) is 13.5. The lowest BCUT2D eigenvalue weighted by Gasteiger charge is -2.25. The molecule has 0 atom stereocenters. The lowest BCUT2D eigenvalue weighted by Crippen LogP contribution is -2.26. The molecule has 0 spiro atoms. The molecule has 20 heavy (non-hydrogen) atoms. The maximum absolute atomic E-state index is 4.47. The molecule has 0 fully saturated rings. The highest BCUT2D eigenvalue weighted by Gasteiger charge is 2.06. The maximum atomic E-state index is 4.47. The Morgan fingerprint density at radius 1 is 1.05 bits per heavy atom. The van der Waals surface area contributed by atoms with Crippen LogP contribution in [0.1, 0.15) is 58.6 Å². The molecule has 0 radical (unpaired) electrons. The smallest absolute Gasteiger partial charge is 0.0562 e. The lowest BCUT2D eigenvalue weighted by atomic mass is 10.2. The van der Waals surface area contributed by atoms with Crippen molar-refractivity contribution in [3.05, 3.63) is 24.0 Å². The van der Waals surface area contributed by atoms with Gasteiger partial charge in [-0.25, -0.2) is 0 Å². The molecule has 0 aliphatic rings. The van der Waals surface area contributed by atoms with Gasteiger partial charge in [0, 0.05) is 31.5 Å².